The molecular formula is C22H20N4O. The maximum Gasteiger partial charge on any atom is 0.172 e. The molecule has 5 heteroatoms. The van der Waals surface area contributed by atoms with E-state index in [1.807, 2.05) is 61.5 Å². The molecule has 0 N–H and O–H groups in total. The summed E-state index contributed by atoms with van der Waals surface area (Å²) in [5.41, 5.74) is 2.05. The summed E-state index contributed by atoms with van der Waals surface area (Å²) in [7, 11) is 3.98. The Kier molecular flexibility index (Phi) is 5.86. The van der Waals surface area contributed by atoms with Crippen molar-refractivity contribution < 1.29 is 4.74 Å². The molecule has 27 heavy (non-hydrogen) atoms. The standard InChI is InChI=1S/C22H20N4O/c1-22(2)20(19(15-25)21(27-22)17(13-23)14-24)8-6-5-7-16-9-11-18(12-10-16)26(3)4/h5-12H,1-4H3/b7-5+,8-6+. The van der Waals surface area contributed by atoms with Gasteiger partial charge in [0.1, 0.15) is 29.4 Å². The minimum Gasteiger partial charge on any atom is -0.480 e. The van der Waals surface area contributed by atoms with Gasteiger partial charge in [-0.3, -0.25) is 0 Å². The molecule has 1 aromatic rings. The zero-order valence-corrected chi connectivity index (χ0v) is 15.8. The highest BCUT2D eigenvalue weighted by molar-refractivity contribution is 5.61. The Morgan fingerprint density at radius 2 is 1.59 bits per heavy atom. The van der Waals surface area contributed by atoms with Crippen molar-refractivity contribution in [3.63, 3.8) is 0 Å². The van der Waals surface area contributed by atoms with E-state index in [1.165, 1.54) is 0 Å². The summed E-state index contributed by atoms with van der Waals surface area (Å²) < 4.78 is 5.72. The van der Waals surface area contributed by atoms with E-state index in [4.69, 9.17) is 15.3 Å². The van der Waals surface area contributed by atoms with Crippen LogP contribution in [0.1, 0.15) is 19.4 Å². The summed E-state index contributed by atoms with van der Waals surface area (Å²) in [5, 5.41) is 27.6. The van der Waals surface area contributed by atoms with Crippen molar-refractivity contribution in [2.45, 2.75) is 19.4 Å². The molecule has 0 amide bonds. The van der Waals surface area contributed by atoms with Gasteiger partial charge in [0.05, 0.1) is 0 Å². The van der Waals surface area contributed by atoms with Crippen LogP contribution < -0.4 is 4.90 Å². The van der Waals surface area contributed by atoms with Crippen LogP contribution in [0, 0.1) is 34.0 Å². The lowest BCUT2D eigenvalue weighted by Gasteiger charge is -2.20. The largest absolute Gasteiger partial charge is 0.480 e. The van der Waals surface area contributed by atoms with Crippen molar-refractivity contribution in [3.8, 4) is 18.2 Å². The maximum atomic E-state index is 9.49. The monoisotopic (exact) mass is 356 g/mol. The summed E-state index contributed by atoms with van der Waals surface area (Å²) in [5.74, 6) is 0.0513. The van der Waals surface area contributed by atoms with E-state index in [9.17, 15) is 5.26 Å². The van der Waals surface area contributed by atoms with E-state index in [2.05, 4.69) is 6.07 Å². The number of nitrogens with zero attached hydrogens (tertiary/aromatic N) is 4. The molecule has 1 heterocycles. The fourth-order valence-corrected chi connectivity index (χ4v) is 2.68. The van der Waals surface area contributed by atoms with Gasteiger partial charge in [-0.05, 0) is 31.5 Å². The van der Waals surface area contributed by atoms with Crippen LogP contribution in [0.2, 0.25) is 0 Å². The van der Waals surface area contributed by atoms with Gasteiger partial charge in [0.2, 0.25) is 0 Å². The molecule has 0 spiro atoms. The molecule has 0 radical (unpaired) electrons. The molecule has 0 aliphatic carbocycles. The first kappa shape index (κ1) is 19.6. The van der Waals surface area contributed by atoms with Crippen molar-refractivity contribution in [3.05, 3.63) is 70.5 Å². The first-order valence-electron chi connectivity index (χ1n) is 8.35. The van der Waals surface area contributed by atoms with Gasteiger partial charge in [-0.1, -0.05) is 36.4 Å². The predicted molar refractivity (Wildman–Crippen MR) is 105 cm³/mol. The number of nitriles is 3. The average molecular weight is 356 g/mol. The van der Waals surface area contributed by atoms with Crippen molar-refractivity contribution >= 4 is 11.8 Å². The zero-order chi connectivity index (χ0) is 20.0. The molecule has 2 rings (SSSR count). The lowest BCUT2D eigenvalue weighted by molar-refractivity contribution is 0.0954. The number of hydrogen-bond donors (Lipinski definition) is 0. The van der Waals surface area contributed by atoms with E-state index >= 15 is 0 Å². The highest BCUT2D eigenvalue weighted by Gasteiger charge is 2.38. The minimum absolute atomic E-state index is 0.0513. The Balaban J connectivity index is 2.30. The number of allylic oxidation sites excluding steroid dienone is 4. The Hall–Kier alpha value is -3.75. The fourth-order valence-electron chi connectivity index (χ4n) is 2.68. The fraction of sp³-hybridized carbons (Fsp3) is 0.227. The summed E-state index contributed by atoms with van der Waals surface area (Å²) in [6.45, 7) is 3.60. The van der Waals surface area contributed by atoms with Crippen molar-refractivity contribution in [2.24, 2.45) is 0 Å². The van der Waals surface area contributed by atoms with Crippen LogP contribution in [0.15, 0.2) is 65.0 Å². The lowest BCUT2D eigenvalue weighted by atomic mass is 9.94. The number of rotatable bonds is 4. The van der Waals surface area contributed by atoms with E-state index in [0.29, 0.717) is 5.57 Å². The Morgan fingerprint density at radius 3 is 2.11 bits per heavy atom. The van der Waals surface area contributed by atoms with Crippen LogP contribution in [-0.4, -0.2) is 19.7 Å². The molecule has 0 unspecified atom stereocenters. The summed E-state index contributed by atoms with van der Waals surface area (Å²) in [6, 6.07) is 13.7. The first-order chi connectivity index (χ1) is 12.8. The third-order valence-electron chi connectivity index (χ3n) is 4.14. The molecule has 1 aliphatic heterocycles. The Labute approximate surface area is 160 Å². The zero-order valence-electron chi connectivity index (χ0n) is 15.8. The van der Waals surface area contributed by atoms with Crippen LogP contribution in [0.3, 0.4) is 0 Å². The van der Waals surface area contributed by atoms with Crippen LogP contribution >= 0.6 is 0 Å². The normalized spacial score (nSPS) is 15.4. The molecule has 1 aromatic carbocycles. The number of ether oxygens (including phenoxy) is 1. The first-order valence-corrected chi connectivity index (χ1v) is 8.35. The summed E-state index contributed by atoms with van der Waals surface area (Å²) in [4.78, 5) is 2.04. The van der Waals surface area contributed by atoms with Gasteiger partial charge in [0.15, 0.2) is 11.3 Å². The van der Waals surface area contributed by atoms with E-state index in [0.717, 1.165) is 11.3 Å². The van der Waals surface area contributed by atoms with E-state index < -0.39 is 5.60 Å². The van der Waals surface area contributed by atoms with Gasteiger partial charge in [0.25, 0.3) is 0 Å². The number of anilines is 1. The Morgan fingerprint density at radius 1 is 1.00 bits per heavy atom. The second-order valence-corrected chi connectivity index (χ2v) is 6.64. The van der Waals surface area contributed by atoms with Crippen LogP contribution in [0.5, 0.6) is 0 Å². The van der Waals surface area contributed by atoms with E-state index in [1.54, 1.807) is 32.1 Å². The predicted octanol–water partition coefficient (Wildman–Crippen LogP) is 4.25. The summed E-state index contributed by atoms with van der Waals surface area (Å²) >= 11 is 0. The molecule has 0 bridgehead atoms. The average Bonchev–Trinajstić information content (AvgIpc) is 2.90. The Bertz CT molecular complexity index is 953. The minimum atomic E-state index is -0.795. The number of benzene rings is 1. The molecule has 1 aliphatic rings. The van der Waals surface area contributed by atoms with Crippen LogP contribution in [0.4, 0.5) is 5.69 Å². The lowest BCUT2D eigenvalue weighted by Crippen LogP contribution is -2.20. The second-order valence-electron chi connectivity index (χ2n) is 6.64. The van der Waals surface area contributed by atoms with Gasteiger partial charge in [0, 0.05) is 25.4 Å². The van der Waals surface area contributed by atoms with E-state index in [-0.39, 0.29) is 16.9 Å². The number of hydrogen-bond acceptors (Lipinski definition) is 5. The molecular weight excluding hydrogens is 336 g/mol. The maximum absolute atomic E-state index is 9.49. The van der Waals surface area contributed by atoms with Gasteiger partial charge >= 0.3 is 0 Å². The molecule has 0 atom stereocenters. The van der Waals surface area contributed by atoms with Crippen molar-refractivity contribution in [1.82, 2.24) is 0 Å². The summed E-state index contributed by atoms with van der Waals surface area (Å²) in [6.07, 6.45) is 7.43. The quantitative estimate of drug-likeness (QED) is 0.595. The van der Waals surface area contributed by atoms with Gasteiger partial charge < -0.3 is 9.64 Å². The SMILES string of the molecule is CN(C)c1ccc(/C=C/C=C/C2=C(C#N)C(=C(C#N)C#N)OC2(C)C)cc1. The molecule has 5 nitrogen and oxygen atoms in total. The molecule has 0 fully saturated rings. The van der Waals surface area contributed by atoms with Gasteiger partial charge in [-0.25, -0.2) is 0 Å². The van der Waals surface area contributed by atoms with Crippen LogP contribution in [-0.2, 0) is 4.74 Å². The van der Waals surface area contributed by atoms with Gasteiger partial charge in [-0.2, -0.15) is 15.8 Å². The highest BCUT2D eigenvalue weighted by atomic mass is 16.5. The third-order valence-corrected chi connectivity index (χ3v) is 4.14. The molecule has 0 saturated heterocycles. The third kappa shape index (κ3) is 4.27. The highest BCUT2D eigenvalue weighted by Crippen LogP contribution is 2.40. The molecule has 134 valence electrons. The van der Waals surface area contributed by atoms with Crippen LogP contribution in [0.25, 0.3) is 6.08 Å². The van der Waals surface area contributed by atoms with Crippen molar-refractivity contribution in [2.75, 3.05) is 19.0 Å². The molecule has 0 aromatic heterocycles. The van der Waals surface area contributed by atoms with Crippen molar-refractivity contribution in [1.29, 1.82) is 15.8 Å². The second kappa shape index (κ2) is 8.09. The smallest absolute Gasteiger partial charge is 0.172 e. The topological polar surface area (TPSA) is 83.8 Å². The van der Waals surface area contributed by atoms with Gasteiger partial charge in [-0.15, -0.1) is 0 Å². The molecule has 0 saturated carbocycles.